The zero-order valence-corrected chi connectivity index (χ0v) is 6.02. The normalized spacial score (nSPS) is 10.3. The van der Waals surface area contributed by atoms with E-state index in [9.17, 15) is 10.0 Å². The lowest BCUT2D eigenvalue weighted by atomic mass is 10.2. The molecule has 2 aromatic rings. The molecule has 1 heterocycles. The van der Waals surface area contributed by atoms with E-state index < -0.39 is 0 Å². The molecule has 0 spiro atoms. The molecular weight excluding hydrogens is 158 g/mol. The van der Waals surface area contributed by atoms with E-state index in [0.29, 0.717) is 11.0 Å². The van der Waals surface area contributed by atoms with Crippen molar-refractivity contribution in [3.8, 4) is 5.75 Å². The van der Waals surface area contributed by atoms with Crippen molar-refractivity contribution in [1.82, 2.24) is 0 Å². The van der Waals surface area contributed by atoms with Crippen LogP contribution in [-0.2, 0) is 0 Å². The maximum absolute atomic E-state index is 10.1. The molecule has 0 fully saturated rings. The third kappa shape index (κ3) is 0.780. The van der Waals surface area contributed by atoms with Crippen molar-refractivity contribution in [2.75, 3.05) is 0 Å². The Hall–Kier alpha value is -1.84. The van der Waals surface area contributed by atoms with E-state index in [2.05, 4.69) is 5.18 Å². The van der Waals surface area contributed by atoms with Gasteiger partial charge in [0, 0.05) is 5.18 Å². The molecule has 1 N–H and O–H groups in total. The smallest absolute Gasteiger partial charge is 0.304 e. The van der Waals surface area contributed by atoms with Gasteiger partial charge < -0.3 is 9.52 Å². The lowest BCUT2D eigenvalue weighted by molar-refractivity contribution is 0.469. The fourth-order valence-corrected chi connectivity index (χ4v) is 1.08. The molecule has 12 heavy (non-hydrogen) atoms. The van der Waals surface area contributed by atoms with Crippen LogP contribution in [0.5, 0.6) is 5.75 Å². The molecule has 0 bridgehead atoms. The van der Waals surface area contributed by atoms with Crippen LogP contribution < -0.4 is 0 Å². The van der Waals surface area contributed by atoms with Gasteiger partial charge in [-0.1, -0.05) is 12.1 Å². The van der Waals surface area contributed by atoms with Gasteiger partial charge in [0.1, 0.15) is 5.58 Å². The second-order valence-corrected chi connectivity index (χ2v) is 2.34. The minimum atomic E-state index is -0.267. The number of benzene rings is 1. The first-order valence-electron chi connectivity index (χ1n) is 3.37. The number of nitrogens with zero attached hydrogens (tertiary/aromatic N) is 1. The molecule has 0 radical (unpaired) electrons. The summed E-state index contributed by atoms with van der Waals surface area (Å²) in [5, 5.41) is 12.3. The topological polar surface area (TPSA) is 62.8 Å². The standard InChI is InChI=1S/C8H5NO3/c10-7-5-3-1-2-4-6(5)12-8(7)9-11/h1-4,10H. The number of hydrogen-bond donors (Lipinski definition) is 1. The van der Waals surface area contributed by atoms with Gasteiger partial charge in [0.05, 0.1) is 5.39 Å². The Labute approximate surface area is 67.4 Å². The number of fused-ring (bicyclic) bond motifs is 1. The van der Waals surface area contributed by atoms with Crippen LogP contribution in [0.3, 0.4) is 0 Å². The van der Waals surface area contributed by atoms with Crippen LogP contribution in [-0.4, -0.2) is 5.11 Å². The largest absolute Gasteiger partial charge is 0.502 e. The summed E-state index contributed by atoms with van der Waals surface area (Å²) in [6.07, 6.45) is 0. The molecule has 2 rings (SSSR count). The zero-order valence-electron chi connectivity index (χ0n) is 6.02. The summed E-state index contributed by atoms with van der Waals surface area (Å²) in [5.74, 6) is -0.461. The predicted molar refractivity (Wildman–Crippen MR) is 43.3 cm³/mol. The fraction of sp³-hybridized carbons (Fsp3) is 0. The average molecular weight is 163 g/mol. The van der Waals surface area contributed by atoms with Gasteiger partial charge in [0.15, 0.2) is 5.75 Å². The first-order valence-corrected chi connectivity index (χ1v) is 3.37. The van der Waals surface area contributed by atoms with E-state index in [1.54, 1.807) is 24.3 Å². The molecule has 0 aliphatic rings. The monoisotopic (exact) mass is 163 g/mol. The highest BCUT2D eigenvalue weighted by Gasteiger charge is 2.11. The van der Waals surface area contributed by atoms with Crippen LogP contribution in [0.2, 0.25) is 0 Å². The van der Waals surface area contributed by atoms with Crippen molar-refractivity contribution in [3.63, 3.8) is 0 Å². The van der Waals surface area contributed by atoms with Gasteiger partial charge in [-0.15, -0.1) is 4.91 Å². The van der Waals surface area contributed by atoms with E-state index in [1.807, 2.05) is 0 Å². The van der Waals surface area contributed by atoms with Crippen LogP contribution in [0.15, 0.2) is 33.9 Å². The summed E-state index contributed by atoms with van der Waals surface area (Å²) < 4.78 is 4.92. The molecular formula is C8H5NO3. The van der Waals surface area contributed by atoms with E-state index in [1.165, 1.54) is 0 Å². The van der Waals surface area contributed by atoms with E-state index in [4.69, 9.17) is 4.42 Å². The van der Waals surface area contributed by atoms with Crippen LogP contribution in [0.4, 0.5) is 5.88 Å². The second-order valence-electron chi connectivity index (χ2n) is 2.34. The molecule has 0 amide bonds. The fourth-order valence-electron chi connectivity index (χ4n) is 1.08. The van der Waals surface area contributed by atoms with Crippen molar-refractivity contribution < 1.29 is 9.52 Å². The lowest BCUT2D eigenvalue weighted by Crippen LogP contribution is -1.60. The first kappa shape index (κ1) is 6.84. The van der Waals surface area contributed by atoms with Crippen molar-refractivity contribution in [2.45, 2.75) is 0 Å². The quantitative estimate of drug-likeness (QED) is 0.657. The van der Waals surface area contributed by atoms with Crippen molar-refractivity contribution >= 4 is 16.9 Å². The molecule has 0 unspecified atom stereocenters. The van der Waals surface area contributed by atoms with Gasteiger partial charge in [-0.3, -0.25) is 0 Å². The number of rotatable bonds is 1. The number of para-hydroxylation sites is 1. The summed E-state index contributed by atoms with van der Waals surface area (Å²) >= 11 is 0. The maximum Gasteiger partial charge on any atom is 0.304 e. The van der Waals surface area contributed by atoms with Crippen molar-refractivity contribution in [2.24, 2.45) is 5.18 Å². The molecule has 0 aliphatic heterocycles. The summed E-state index contributed by atoms with van der Waals surface area (Å²) in [5.41, 5.74) is 0.463. The molecule has 0 saturated heterocycles. The molecule has 60 valence electrons. The van der Waals surface area contributed by atoms with Crippen LogP contribution >= 0.6 is 0 Å². The first-order chi connectivity index (χ1) is 5.83. The molecule has 4 heteroatoms. The second kappa shape index (κ2) is 2.34. The van der Waals surface area contributed by atoms with Crippen molar-refractivity contribution in [1.29, 1.82) is 0 Å². The van der Waals surface area contributed by atoms with Gasteiger partial charge in [0.2, 0.25) is 0 Å². The Kier molecular flexibility index (Phi) is 1.33. The Morgan fingerprint density at radius 1 is 1.33 bits per heavy atom. The van der Waals surface area contributed by atoms with Crippen LogP contribution in [0.25, 0.3) is 11.0 Å². The molecule has 1 aromatic carbocycles. The van der Waals surface area contributed by atoms with E-state index in [0.717, 1.165) is 0 Å². The van der Waals surface area contributed by atoms with Crippen molar-refractivity contribution in [3.05, 3.63) is 29.2 Å². The number of aromatic hydroxyl groups is 1. The molecule has 0 aliphatic carbocycles. The highest BCUT2D eigenvalue weighted by molar-refractivity contribution is 5.88. The number of hydrogen-bond acceptors (Lipinski definition) is 4. The number of nitroso groups, excluding NO2 is 1. The Bertz CT molecular complexity index is 433. The zero-order chi connectivity index (χ0) is 8.55. The summed E-state index contributed by atoms with van der Waals surface area (Å²) in [4.78, 5) is 10.1. The minimum Gasteiger partial charge on any atom is -0.502 e. The highest BCUT2D eigenvalue weighted by Crippen LogP contribution is 2.37. The molecule has 1 aromatic heterocycles. The van der Waals surface area contributed by atoms with Crippen LogP contribution in [0, 0.1) is 4.91 Å². The molecule has 0 atom stereocenters. The summed E-state index contributed by atoms with van der Waals surface area (Å²) in [6, 6.07) is 6.80. The van der Waals surface area contributed by atoms with Gasteiger partial charge in [0.25, 0.3) is 0 Å². The highest BCUT2D eigenvalue weighted by atomic mass is 16.4. The molecule has 4 nitrogen and oxygen atoms in total. The van der Waals surface area contributed by atoms with E-state index in [-0.39, 0.29) is 11.6 Å². The Balaban J connectivity index is 2.87. The average Bonchev–Trinajstić information content (AvgIpc) is 2.44. The lowest BCUT2D eigenvalue weighted by Gasteiger charge is -1.83. The Morgan fingerprint density at radius 2 is 2.08 bits per heavy atom. The Morgan fingerprint density at radius 3 is 2.75 bits per heavy atom. The molecule has 0 saturated carbocycles. The number of furan rings is 1. The van der Waals surface area contributed by atoms with Gasteiger partial charge in [-0.2, -0.15) is 0 Å². The third-order valence-electron chi connectivity index (χ3n) is 1.63. The summed E-state index contributed by atoms with van der Waals surface area (Å²) in [6.45, 7) is 0. The minimum absolute atomic E-state index is 0.194. The maximum atomic E-state index is 10.1. The van der Waals surface area contributed by atoms with Gasteiger partial charge in [-0.05, 0) is 12.1 Å². The van der Waals surface area contributed by atoms with Gasteiger partial charge >= 0.3 is 5.88 Å². The van der Waals surface area contributed by atoms with E-state index >= 15 is 0 Å². The van der Waals surface area contributed by atoms with Gasteiger partial charge in [-0.25, -0.2) is 0 Å². The summed E-state index contributed by atoms with van der Waals surface area (Å²) in [7, 11) is 0. The SMILES string of the molecule is O=Nc1oc2ccccc2c1O. The third-order valence-corrected chi connectivity index (χ3v) is 1.63. The van der Waals surface area contributed by atoms with Crippen LogP contribution in [0.1, 0.15) is 0 Å². The predicted octanol–water partition coefficient (Wildman–Crippen LogP) is 2.54.